The van der Waals surface area contributed by atoms with E-state index in [1.807, 2.05) is 46.7 Å². The number of nitrogens with zero attached hydrogens (tertiary/aromatic N) is 2. The van der Waals surface area contributed by atoms with Crippen molar-refractivity contribution in [2.24, 2.45) is 0 Å². The van der Waals surface area contributed by atoms with Gasteiger partial charge in [0.05, 0.1) is 10.6 Å². The first-order valence-corrected chi connectivity index (χ1v) is 9.83. The number of carbonyl (C=O) groups is 2. The molecule has 0 unspecified atom stereocenters. The minimum Gasteiger partial charge on any atom is -0.339 e. The highest BCUT2D eigenvalue weighted by molar-refractivity contribution is 8.00. The van der Waals surface area contributed by atoms with E-state index in [9.17, 15) is 9.59 Å². The monoisotopic (exact) mass is 380 g/mol. The zero-order valence-corrected chi connectivity index (χ0v) is 15.5. The van der Waals surface area contributed by atoms with Crippen LogP contribution in [0.5, 0.6) is 0 Å². The maximum absolute atomic E-state index is 12.3. The summed E-state index contributed by atoms with van der Waals surface area (Å²) in [6.07, 6.45) is 0. The second-order valence-corrected chi connectivity index (χ2v) is 7.90. The van der Waals surface area contributed by atoms with Gasteiger partial charge in [-0.05, 0) is 17.5 Å². The lowest BCUT2D eigenvalue weighted by Crippen LogP contribution is -2.38. The van der Waals surface area contributed by atoms with Crippen LogP contribution in [0.2, 0.25) is 5.02 Å². The molecule has 1 aromatic carbocycles. The van der Waals surface area contributed by atoms with Crippen molar-refractivity contribution in [3.63, 3.8) is 0 Å². The lowest BCUT2D eigenvalue weighted by molar-refractivity contribution is -0.128. The highest BCUT2D eigenvalue weighted by Gasteiger charge is 2.33. The summed E-state index contributed by atoms with van der Waals surface area (Å²) in [5.74, 6) is 0.513. The van der Waals surface area contributed by atoms with Crippen LogP contribution in [-0.4, -0.2) is 47.5 Å². The van der Waals surface area contributed by atoms with Crippen LogP contribution in [0.25, 0.3) is 0 Å². The number of benzene rings is 1. The molecule has 126 valence electrons. The van der Waals surface area contributed by atoms with Gasteiger partial charge in [-0.2, -0.15) is 0 Å². The zero-order valence-electron chi connectivity index (χ0n) is 13.1. The minimum absolute atomic E-state index is 0.0152. The predicted octanol–water partition coefficient (Wildman–Crippen LogP) is 3.75. The van der Waals surface area contributed by atoms with Crippen molar-refractivity contribution in [2.75, 3.05) is 25.9 Å². The van der Waals surface area contributed by atoms with Crippen LogP contribution in [0.15, 0.2) is 41.8 Å². The van der Waals surface area contributed by atoms with E-state index in [1.54, 1.807) is 23.7 Å². The Labute approximate surface area is 154 Å². The van der Waals surface area contributed by atoms with Crippen LogP contribution >= 0.6 is 34.7 Å². The van der Waals surface area contributed by atoms with Crippen LogP contribution in [0.4, 0.5) is 0 Å². The van der Waals surface area contributed by atoms with Crippen molar-refractivity contribution in [2.45, 2.75) is 5.37 Å². The summed E-state index contributed by atoms with van der Waals surface area (Å²) >= 11 is 9.28. The molecule has 7 heteroatoms. The Morgan fingerprint density at radius 1 is 1.33 bits per heavy atom. The van der Waals surface area contributed by atoms with Gasteiger partial charge >= 0.3 is 0 Å². The number of thioether (sulfide) groups is 1. The summed E-state index contributed by atoms with van der Waals surface area (Å²) in [6, 6.07) is 11.3. The molecular formula is C17H17ClN2O2S2. The molecule has 1 saturated heterocycles. The second-order valence-electron chi connectivity index (χ2n) is 5.48. The number of hydrogen-bond donors (Lipinski definition) is 0. The number of carbonyl (C=O) groups excluding carboxylic acids is 2. The average Bonchev–Trinajstić information content (AvgIpc) is 3.23. The van der Waals surface area contributed by atoms with Crippen LogP contribution in [0.1, 0.15) is 20.6 Å². The molecule has 3 rings (SSSR count). The lowest BCUT2D eigenvalue weighted by atomic mass is 10.2. The third-order valence-corrected chi connectivity index (χ3v) is 6.33. The number of likely N-dealkylation sites (N-methyl/N-ethyl adjacent to an activating group) is 1. The Kier molecular flexibility index (Phi) is 5.48. The van der Waals surface area contributed by atoms with Crippen LogP contribution < -0.4 is 0 Å². The van der Waals surface area contributed by atoms with Crippen molar-refractivity contribution in [3.05, 3.63) is 57.2 Å². The van der Waals surface area contributed by atoms with Gasteiger partial charge in [0.1, 0.15) is 5.37 Å². The van der Waals surface area contributed by atoms with Crippen LogP contribution in [-0.2, 0) is 4.79 Å². The molecule has 0 aliphatic carbocycles. The molecule has 1 aliphatic rings. The fourth-order valence-electron chi connectivity index (χ4n) is 2.58. The summed E-state index contributed by atoms with van der Waals surface area (Å²) in [5, 5.41) is 2.46. The molecule has 2 heterocycles. The number of amides is 2. The maximum atomic E-state index is 12.3. The smallest absolute Gasteiger partial charge is 0.263 e. The Hall–Kier alpha value is -1.50. The Morgan fingerprint density at radius 2 is 2.12 bits per heavy atom. The summed E-state index contributed by atoms with van der Waals surface area (Å²) < 4.78 is 0. The van der Waals surface area contributed by atoms with E-state index in [2.05, 4.69) is 0 Å². The van der Waals surface area contributed by atoms with Gasteiger partial charge in [0.25, 0.3) is 5.91 Å². The van der Waals surface area contributed by atoms with Gasteiger partial charge in [-0.15, -0.1) is 23.1 Å². The molecule has 0 saturated carbocycles. The third kappa shape index (κ3) is 3.61. The van der Waals surface area contributed by atoms with Crippen LogP contribution in [0.3, 0.4) is 0 Å². The molecule has 2 aromatic rings. The number of thiophene rings is 1. The van der Waals surface area contributed by atoms with Gasteiger partial charge in [-0.1, -0.05) is 35.9 Å². The number of halogens is 1. The van der Waals surface area contributed by atoms with E-state index in [0.29, 0.717) is 28.7 Å². The topological polar surface area (TPSA) is 40.6 Å². The first kappa shape index (κ1) is 17.3. The first-order chi connectivity index (χ1) is 11.6. The average molecular weight is 381 g/mol. The standard InChI is InChI=1S/C17H17ClN2O2S2/c1-19(16(22)14-7-4-10-23-14)8-9-20-15(21)11-24-17(20)12-5-2-3-6-13(12)18/h2-7,10,17H,8-9,11H2,1H3/t17-/m1/s1. The molecular weight excluding hydrogens is 364 g/mol. The van der Waals surface area contributed by atoms with Crippen molar-refractivity contribution < 1.29 is 9.59 Å². The Morgan fingerprint density at radius 3 is 2.83 bits per heavy atom. The van der Waals surface area contributed by atoms with E-state index < -0.39 is 0 Å². The van der Waals surface area contributed by atoms with E-state index in [1.165, 1.54) is 11.3 Å². The number of hydrogen-bond acceptors (Lipinski definition) is 4. The fraction of sp³-hybridized carbons (Fsp3) is 0.294. The van der Waals surface area contributed by atoms with E-state index >= 15 is 0 Å². The predicted molar refractivity (Wildman–Crippen MR) is 99.6 cm³/mol. The third-order valence-electron chi connectivity index (χ3n) is 3.89. The first-order valence-electron chi connectivity index (χ1n) is 7.52. The zero-order chi connectivity index (χ0) is 17.1. The molecule has 0 spiro atoms. The highest BCUT2D eigenvalue weighted by Crippen LogP contribution is 2.41. The summed E-state index contributed by atoms with van der Waals surface area (Å²) in [5.41, 5.74) is 0.947. The van der Waals surface area contributed by atoms with Crippen molar-refractivity contribution >= 4 is 46.5 Å². The molecule has 1 aliphatic heterocycles. The van der Waals surface area contributed by atoms with Gasteiger partial charge in [-0.25, -0.2) is 0 Å². The summed E-state index contributed by atoms with van der Waals surface area (Å²) in [4.78, 5) is 28.7. The van der Waals surface area contributed by atoms with E-state index in [-0.39, 0.29) is 17.2 Å². The second kappa shape index (κ2) is 7.59. The quantitative estimate of drug-likeness (QED) is 0.793. The van der Waals surface area contributed by atoms with Gasteiger partial charge in [-0.3, -0.25) is 9.59 Å². The van der Waals surface area contributed by atoms with Gasteiger partial charge in [0.2, 0.25) is 5.91 Å². The molecule has 0 radical (unpaired) electrons. The Bertz CT molecular complexity index is 736. The van der Waals surface area contributed by atoms with Gasteiger partial charge < -0.3 is 9.80 Å². The molecule has 0 N–H and O–H groups in total. The van der Waals surface area contributed by atoms with Gasteiger partial charge in [0.15, 0.2) is 0 Å². The van der Waals surface area contributed by atoms with E-state index in [4.69, 9.17) is 11.6 Å². The molecule has 1 fully saturated rings. The number of rotatable bonds is 5. The molecule has 2 amide bonds. The highest BCUT2D eigenvalue weighted by atomic mass is 35.5. The minimum atomic E-state index is -0.0866. The van der Waals surface area contributed by atoms with Gasteiger partial charge in [0, 0.05) is 30.7 Å². The largest absolute Gasteiger partial charge is 0.339 e. The van der Waals surface area contributed by atoms with Crippen LogP contribution in [0, 0.1) is 0 Å². The SMILES string of the molecule is CN(CCN1C(=O)CS[C@@H]1c1ccccc1Cl)C(=O)c1cccs1. The maximum Gasteiger partial charge on any atom is 0.263 e. The van der Waals surface area contributed by atoms with Crippen molar-refractivity contribution in [1.82, 2.24) is 9.80 Å². The normalized spacial score (nSPS) is 17.3. The molecule has 0 bridgehead atoms. The molecule has 1 atom stereocenters. The molecule has 4 nitrogen and oxygen atoms in total. The van der Waals surface area contributed by atoms with Crippen molar-refractivity contribution in [1.29, 1.82) is 0 Å². The van der Waals surface area contributed by atoms with E-state index in [0.717, 1.165) is 5.56 Å². The summed E-state index contributed by atoms with van der Waals surface area (Å²) in [7, 11) is 1.76. The lowest BCUT2D eigenvalue weighted by Gasteiger charge is -2.27. The fourth-order valence-corrected chi connectivity index (χ4v) is 4.85. The Balaban J connectivity index is 1.67. The van der Waals surface area contributed by atoms with Crippen molar-refractivity contribution in [3.8, 4) is 0 Å². The molecule has 1 aromatic heterocycles. The summed E-state index contributed by atoms with van der Waals surface area (Å²) in [6.45, 7) is 0.985. The molecule has 24 heavy (non-hydrogen) atoms.